The molecule has 15 heavy (non-hydrogen) atoms. The largest absolute Gasteiger partial charge is 0.350 e. The van der Waals surface area contributed by atoms with E-state index < -0.39 is 0 Å². The van der Waals surface area contributed by atoms with Crippen LogP contribution < -0.4 is 5.32 Å². The quantitative estimate of drug-likeness (QED) is 0.820. The maximum atomic E-state index is 11.9. The van der Waals surface area contributed by atoms with Crippen molar-refractivity contribution >= 4 is 17.2 Å². The molecule has 82 valence electrons. The van der Waals surface area contributed by atoms with E-state index in [1.54, 1.807) is 11.3 Å². The van der Waals surface area contributed by atoms with Crippen molar-refractivity contribution in [3.8, 4) is 0 Å². The van der Waals surface area contributed by atoms with Gasteiger partial charge >= 0.3 is 0 Å². The van der Waals surface area contributed by atoms with Crippen molar-refractivity contribution in [3.05, 3.63) is 21.4 Å². The minimum Gasteiger partial charge on any atom is -0.350 e. The summed E-state index contributed by atoms with van der Waals surface area (Å²) in [6, 6.07) is 0.219. The van der Waals surface area contributed by atoms with E-state index in [4.69, 9.17) is 0 Å². The fraction of sp³-hybridized carbons (Fsp3) is 0.583. The van der Waals surface area contributed by atoms with E-state index in [0.29, 0.717) is 0 Å². The maximum Gasteiger partial charge on any atom is 0.252 e. The number of carbonyl (C=O) groups excluding carboxylic acids is 1. The lowest BCUT2D eigenvalue weighted by Gasteiger charge is -2.13. The van der Waals surface area contributed by atoms with Crippen LogP contribution in [0.3, 0.4) is 0 Å². The second-order valence-corrected chi connectivity index (χ2v) is 5.35. The zero-order valence-electron chi connectivity index (χ0n) is 9.30. The van der Waals surface area contributed by atoms with Gasteiger partial charge in [-0.1, -0.05) is 0 Å². The molecule has 0 aromatic carbocycles. The first-order valence-corrected chi connectivity index (χ1v) is 6.46. The van der Waals surface area contributed by atoms with Crippen LogP contribution in [0.2, 0.25) is 0 Å². The Kier molecular flexibility index (Phi) is 3.10. The molecule has 3 heteroatoms. The van der Waals surface area contributed by atoms with Gasteiger partial charge in [0.2, 0.25) is 0 Å². The van der Waals surface area contributed by atoms with Crippen molar-refractivity contribution < 1.29 is 4.79 Å². The zero-order chi connectivity index (χ0) is 10.8. The van der Waals surface area contributed by atoms with Gasteiger partial charge in [-0.2, -0.15) is 0 Å². The van der Waals surface area contributed by atoms with E-state index in [-0.39, 0.29) is 11.9 Å². The van der Waals surface area contributed by atoms with Gasteiger partial charge in [0.25, 0.3) is 5.91 Å². The predicted molar refractivity (Wildman–Crippen MR) is 63.6 cm³/mol. The average molecular weight is 223 g/mol. The summed E-state index contributed by atoms with van der Waals surface area (Å²) >= 11 is 1.75. The van der Waals surface area contributed by atoms with Gasteiger partial charge in [-0.3, -0.25) is 4.79 Å². The fourth-order valence-electron chi connectivity index (χ4n) is 2.02. The summed E-state index contributed by atoms with van der Waals surface area (Å²) in [7, 11) is 0. The van der Waals surface area contributed by atoms with Crippen LogP contribution in [-0.4, -0.2) is 11.9 Å². The van der Waals surface area contributed by atoms with Crippen LogP contribution in [0.15, 0.2) is 5.38 Å². The fourth-order valence-corrected chi connectivity index (χ4v) is 3.15. The van der Waals surface area contributed by atoms with Crippen molar-refractivity contribution in [2.24, 2.45) is 0 Å². The molecule has 0 saturated carbocycles. The van der Waals surface area contributed by atoms with E-state index in [1.165, 1.54) is 23.3 Å². The van der Waals surface area contributed by atoms with E-state index in [2.05, 4.69) is 5.32 Å². The molecule has 1 aromatic rings. The van der Waals surface area contributed by atoms with E-state index in [9.17, 15) is 4.79 Å². The van der Waals surface area contributed by atoms with Crippen LogP contribution >= 0.6 is 11.3 Å². The molecule has 0 saturated heterocycles. The number of amides is 1. The van der Waals surface area contributed by atoms with Crippen LogP contribution in [0.4, 0.5) is 0 Å². The van der Waals surface area contributed by atoms with Crippen LogP contribution in [0.25, 0.3) is 0 Å². The highest BCUT2D eigenvalue weighted by atomic mass is 32.1. The van der Waals surface area contributed by atoms with Crippen molar-refractivity contribution in [3.63, 3.8) is 0 Å². The van der Waals surface area contributed by atoms with Crippen LogP contribution in [0.5, 0.6) is 0 Å². The summed E-state index contributed by atoms with van der Waals surface area (Å²) < 4.78 is 0. The highest BCUT2D eigenvalue weighted by Gasteiger charge is 2.20. The normalized spacial score (nSPS) is 15.1. The summed E-state index contributed by atoms with van der Waals surface area (Å²) in [5, 5.41) is 4.98. The van der Waals surface area contributed by atoms with Crippen molar-refractivity contribution in [2.45, 2.75) is 45.6 Å². The second kappa shape index (κ2) is 4.35. The lowest BCUT2D eigenvalue weighted by Crippen LogP contribution is -2.30. The zero-order valence-corrected chi connectivity index (χ0v) is 10.1. The van der Waals surface area contributed by atoms with E-state index in [0.717, 1.165) is 18.4 Å². The van der Waals surface area contributed by atoms with E-state index in [1.807, 2.05) is 19.2 Å². The molecule has 0 spiro atoms. The van der Waals surface area contributed by atoms with Gasteiger partial charge in [-0.25, -0.2) is 0 Å². The molecular formula is C12H17NOS. The minimum atomic E-state index is 0.101. The Morgan fingerprint density at radius 1 is 1.40 bits per heavy atom. The highest BCUT2D eigenvalue weighted by molar-refractivity contribution is 7.10. The first kappa shape index (κ1) is 10.7. The summed E-state index contributed by atoms with van der Waals surface area (Å²) in [6.07, 6.45) is 4.75. The van der Waals surface area contributed by atoms with Gasteiger partial charge in [0.05, 0.1) is 5.56 Å². The molecule has 0 radical (unpaired) electrons. The third-order valence-corrected chi connectivity index (χ3v) is 3.81. The number of fused-ring (bicyclic) bond motifs is 1. The third kappa shape index (κ3) is 2.23. The molecule has 1 heterocycles. The number of hydrogen-bond acceptors (Lipinski definition) is 2. The lowest BCUT2D eigenvalue weighted by atomic mass is 9.95. The number of hydrogen-bond donors (Lipinski definition) is 1. The molecule has 2 nitrogen and oxygen atoms in total. The number of aryl methyl sites for hydroxylation is 1. The first-order valence-electron chi connectivity index (χ1n) is 5.58. The van der Waals surface area contributed by atoms with Crippen LogP contribution in [0.1, 0.15) is 47.5 Å². The van der Waals surface area contributed by atoms with Gasteiger partial charge in [-0.05, 0) is 45.1 Å². The summed E-state index contributed by atoms with van der Waals surface area (Å²) in [5.74, 6) is 0.101. The maximum absolute atomic E-state index is 11.9. The highest BCUT2D eigenvalue weighted by Crippen LogP contribution is 2.30. The molecule has 1 amide bonds. The van der Waals surface area contributed by atoms with Gasteiger partial charge in [0, 0.05) is 16.3 Å². The van der Waals surface area contributed by atoms with Gasteiger partial charge in [0.15, 0.2) is 0 Å². The third-order valence-electron chi connectivity index (χ3n) is 2.73. The van der Waals surface area contributed by atoms with Gasteiger partial charge in [-0.15, -0.1) is 11.3 Å². The van der Waals surface area contributed by atoms with Gasteiger partial charge < -0.3 is 5.32 Å². The number of rotatable bonds is 2. The van der Waals surface area contributed by atoms with Crippen LogP contribution in [0, 0.1) is 0 Å². The number of nitrogens with one attached hydrogen (secondary N) is 1. The second-order valence-electron chi connectivity index (χ2n) is 4.39. The first-order chi connectivity index (χ1) is 7.18. The molecule has 2 rings (SSSR count). The predicted octanol–water partition coefficient (Wildman–Crippen LogP) is 2.77. The average Bonchev–Trinajstić information content (AvgIpc) is 2.59. The molecule has 0 aliphatic heterocycles. The molecule has 1 N–H and O–H groups in total. The Hall–Kier alpha value is -0.830. The molecule has 0 bridgehead atoms. The Labute approximate surface area is 94.7 Å². The molecule has 0 fully saturated rings. The molecule has 1 aliphatic rings. The number of carbonyl (C=O) groups is 1. The Bertz CT molecular complexity index is 368. The Balaban J connectivity index is 2.21. The Morgan fingerprint density at radius 3 is 2.87 bits per heavy atom. The molecule has 1 aliphatic carbocycles. The van der Waals surface area contributed by atoms with Crippen LogP contribution in [-0.2, 0) is 12.8 Å². The molecule has 0 unspecified atom stereocenters. The summed E-state index contributed by atoms with van der Waals surface area (Å²) in [5.41, 5.74) is 2.23. The lowest BCUT2D eigenvalue weighted by molar-refractivity contribution is 0.0942. The SMILES string of the molecule is CC(C)NC(=O)c1csc2c1CCCC2. The van der Waals surface area contributed by atoms with Crippen molar-refractivity contribution in [1.82, 2.24) is 5.32 Å². The Morgan fingerprint density at radius 2 is 2.13 bits per heavy atom. The molecule has 0 atom stereocenters. The number of thiophene rings is 1. The molecule has 1 aromatic heterocycles. The summed E-state index contributed by atoms with van der Waals surface area (Å²) in [6.45, 7) is 3.99. The monoisotopic (exact) mass is 223 g/mol. The van der Waals surface area contributed by atoms with Crippen molar-refractivity contribution in [2.75, 3.05) is 0 Å². The standard InChI is InChI=1S/C12H17NOS/c1-8(2)13-12(14)10-7-15-11-6-4-3-5-9(10)11/h7-8H,3-6H2,1-2H3,(H,13,14). The molecular weight excluding hydrogens is 206 g/mol. The minimum absolute atomic E-state index is 0.101. The topological polar surface area (TPSA) is 29.1 Å². The summed E-state index contributed by atoms with van der Waals surface area (Å²) in [4.78, 5) is 13.3. The smallest absolute Gasteiger partial charge is 0.252 e. The van der Waals surface area contributed by atoms with E-state index >= 15 is 0 Å². The van der Waals surface area contributed by atoms with Gasteiger partial charge in [0.1, 0.15) is 0 Å². The van der Waals surface area contributed by atoms with Crippen molar-refractivity contribution in [1.29, 1.82) is 0 Å².